The van der Waals surface area contributed by atoms with Gasteiger partial charge in [0.15, 0.2) is 0 Å². The maximum Gasteiger partial charge on any atom is 0.493 e. The van der Waals surface area contributed by atoms with Gasteiger partial charge in [0.1, 0.15) is 23.5 Å². The van der Waals surface area contributed by atoms with Crippen molar-refractivity contribution in [3.05, 3.63) is 11.1 Å². The zero-order valence-electron chi connectivity index (χ0n) is 18.6. The van der Waals surface area contributed by atoms with Gasteiger partial charge >= 0.3 is 7.12 Å². The third-order valence-corrected chi connectivity index (χ3v) is 8.52. The lowest BCUT2D eigenvalue weighted by Crippen LogP contribution is -2.59. The number of benzene rings is 1. The molecule has 0 bridgehead atoms. The van der Waals surface area contributed by atoms with Crippen molar-refractivity contribution >= 4 is 52.5 Å². The molecule has 1 aromatic carbocycles. The molecule has 0 spiro atoms. The lowest BCUT2D eigenvalue weighted by molar-refractivity contribution is 0.00578. The van der Waals surface area contributed by atoms with Gasteiger partial charge < -0.3 is 9.31 Å². The van der Waals surface area contributed by atoms with E-state index in [0.717, 1.165) is 11.1 Å². The molecule has 6 radical (unpaired) electrons. The van der Waals surface area contributed by atoms with Gasteiger partial charge in [-0.05, 0) is 60.5 Å². The molecule has 0 unspecified atom stereocenters. The molecule has 0 aromatic heterocycles. The normalized spacial score (nSPS) is 26.2. The lowest BCUT2D eigenvalue weighted by Gasteiger charge is -2.45. The molecule has 1 aliphatic carbocycles. The molecular formula is C21H30B4O2. The van der Waals surface area contributed by atoms with E-state index in [9.17, 15) is 0 Å². The van der Waals surface area contributed by atoms with Crippen LogP contribution in [-0.2, 0) is 20.1 Å². The monoisotopic (exact) mass is 358 g/mol. The van der Waals surface area contributed by atoms with Crippen LogP contribution in [0.1, 0.15) is 80.4 Å². The molecule has 2 aliphatic rings. The van der Waals surface area contributed by atoms with Gasteiger partial charge in [-0.1, -0.05) is 52.5 Å². The van der Waals surface area contributed by atoms with E-state index in [2.05, 4.69) is 41.5 Å². The van der Waals surface area contributed by atoms with E-state index < -0.39 is 18.3 Å². The van der Waals surface area contributed by atoms with Crippen molar-refractivity contribution < 1.29 is 9.31 Å². The molecule has 0 atom stereocenters. The molecule has 1 saturated heterocycles. The van der Waals surface area contributed by atoms with Crippen LogP contribution in [0.3, 0.4) is 0 Å². The minimum absolute atomic E-state index is 0.0639. The molecular weight excluding hydrogens is 327 g/mol. The van der Waals surface area contributed by atoms with E-state index in [0.29, 0.717) is 21.9 Å². The molecule has 2 nitrogen and oxygen atoms in total. The summed E-state index contributed by atoms with van der Waals surface area (Å²) in [6, 6.07) is 0. The summed E-state index contributed by atoms with van der Waals surface area (Å²) in [6.45, 7) is 21.6. The van der Waals surface area contributed by atoms with Crippen LogP contribution < -0.4 is 21.9 Å². The zero-order valence-corrected chi connectivity index (χ0v) is 18.6. The van der Waals surface area contributed by atoms with Gasteiger partial charge in [0.25, 0.3) is 0 Å². The first-order chi connectivity index (χ1) is 11.9. The molecule has 0 amide bonds. The van der Waals surface area contributed by atoms with Gasteiger partial charge in [-0.2, -0.15) is 0 Å². The standard InChI is InChI=1S/C21H30B4O2/c1-17(2)11-12(18(3,4)19(17,5)6)14(23)16(15(24)13(11)22)25-26-20(7,8)21(9,10)27-25/h1-10H3. The van der Waals surface area contributed by atoms with E-state index >= 15 is 0 Å². The molecule has 3 rings (SSSR count). The summed E-state index contributed by atoms with van der Waals surface area (Å²) in [5, 5.41) is 0. The van der Waals surface area contributed by atoms with Crippen LogP contribution in [0.4, 0.5) is 0 Å². The Balaban J connectivity index is 2.31. The first kappa shape index (κ1) is 21.1. The van der Waals surface area contributed by atoms with Crippen LogP contribution in [0.25, 0.3) is 0 Å². The maximum absolute atomic E-state index is 6.78. The van der Waals surface area contributed by atoms with Crippen molar-refractivity contribution in [2.24, 2.45) is 5.41 Å². The van der Waals surface area contributed by atoms with Crippen molar-refractivity contribution in [2.75, 3.05) is 0 Å². The minimum Gasteiger partial charge on any atom is -0.399 e. The molecule has 0 N–H and O–H groups in total. The second-order valence-corrected chi connectivity index (χ2v) is 10.9. The van der Waals surface area contributed by atoms with E-state index in [4.69, 9.17) is 32.8 Å². The second kappa shape index (κ2) is 5.51. The third kappa shape index (κ3) is 2.38. The maximum atomic E-state index is 6.78. The SMILES string of the molecule is [B]c1c([B])c2c(c([B])c1B1OC(C)(C)C(C)(C)O1)C(C)(C)C(C)(C)C2(C)C. The average Bonchev–Trinajstić information content (AvgIpc) is 2.75. The Morgan fingerprint density at radius 1 is 0.593 bits per heavy atom. The Labute approximate surface area is 169 Å². The van der Waals surface area contributed by atoms with E-state index in [1.165, 1.54) is 0 Å². The van der Waals surface area contributed by atoms with Crippen molar-refractivity contribution in [2.45, 2.75) is 91.3 Å². The van der Waals surface area contributed by atoms with Crippen molar-refractivity contribution in [1.29, 1.82) is 0 Å². The summed E-state index contributed by atoms with van der Waals surface area (Å²) >= 11 is 0. The summed E-state index contributed by atoms with van der Waals surface area (Å²) in [7, 11) is 19.3. The van der Waals surface area contributed by atoms with Crippen molar-refractivity contribution in [3.8, 4) is 0 Å². The van der Waals surface area contributed by atoms with Gasteiger partial charge in [0.05, 0.1) is 11.2 Å². The van der Waals surface area contributed by atoms with E-state index in [1.54, 1.807) is 0 Å². The summed E-state index contributed by atoms with van der Waals surface area (Å²) in [6.07, 6.45) is 0. The Bertz CT molecular complexity index is 806. The van der Waals surface area contributed by atoms with Crippen LogP contribution in [0.2, 0.25) is 0 Å². The third-order valence-electron chi connectivity index (χ3n) is 8.52. The van der Waals surface area contributed by atoms with Gasteiger partial charge in [0.2, 0.25) is 0 Å². The second-order valence-electron chi connectivity index (χ2n) is 10.9. The minimum atomic E-state index is -0.634. The predicted molar refractivity (Wildman–Crippen MR) is 118 cm³/mol. The number of fused-ring (bicyclic) bond motifs is 1. The highest BCUT2D eigenvalue weighted by molar-refractivity contribution is 6.75. The molecule has 6 heteroatoms. The smallest absolute Gasteiger partial charge is 0.399 e. The zero-order chi connectivity index (χ0) is 21.0. The average molecular weight is 358 g/mol. The molecule has 1 fully saturated rings. The topological polar surface area (TPSA) is 18.5 Å². The molecule has 138 valence electrons. The predicted octanol–water partition coefficient (Wildman–Crippen LogP) is 0.962. The highest BCUT2D eigenvalue weighted by atomic mass is 16.7. The van der Waals surface area contributed by atoms with Crippen LogP contribution in [0.15, 0.2) is 0 Å². The fourth-order valence-electron chi connectivity index (χ4n) is 4.75. The van der Waals surface area contributed by atoms with Gasteiger partial charge in [-0.15, -0.1) is 5.46 Å². The van der Waals surface area contributed by atoms with Crippen LogP contribution in [-0.4, -0.2) is 41.9 Å². The highest BCUT2D eigenvalue weighted by Gasteiger charge is 2.59. The largest absolute Gasteiger partial charge is 0.493 e. The number of hydrogen-bond acceptors (Lipinski definition) is 2. The molecule has 0 saturated carbocycles. The van der Waals surface area contributed by atoms with Crippen molar-refractivity contribution in [1.82, 2.24) is 0 Å². The highest BCUT2D eigenvalue weighted by Crippen LogP contribution is 2.60. The summed E-state index contributed by atoms with van der Waals surface area (Å²) < 4.78 is 12.5. The Hall–Kier alpha value is -0.600. The molecule has 1 aliphatic heterocycles. The van der Waals surface area contributed by atoms with E-state index in [-0.39, 0.29) is 16.2 Å². The Kier molecular flexibility index (Phi) is 4.31. The van der Waals surface area contributed by atoms with Gasteiger partial charge in [-0.25, -0.2) is 0 Å². The Morgan fingerprint density at radius 2 is 0.963 bits per heavy atom. The fraction of sp³-hybridized carbons (Fsp3) is 0.714. The first-order valence-electron chi connectivity index (χ1n) is 9.78. The molecule has 27 heavy (non-hydrogen) atoms. The first-order valence-corrected chi connectivity index (χ1v) is 9.78. The summed E-state index contributed by atoms with van der Waals surface area (Å²) in [5.41, 5.74) is 3.18. The summed E-state index contributed by atoms with van der Waals surface area (Å²) in [5.74, 6) is 0. The molecule has 1 heterocycles. The fourth-order valence-corrected chi connectivity index (χ4v) is 4.75. The van der Waals surface area contributed by atoms with Gasteiger partial charge in [0, 0.05) is 0 Å². The quantitative estimate of drug-likeness (QED) is 0.697. The number of rotatable bonds is 1. The Morgan fingerprint density at radius 3 is 1.37 bits per heavy atom. The van der Waals surface area contributed by atoms with Crippen LogP contribution in [0.5, 0.6) is 0 Å². The van der Waals surface area contributed by atoms with E-state index in [1.807, 2.05) is 27.7 Å². The lowest BCUT2D eigenvalue weighted by atomic mass is 9.56. The summed E-state index contributed by atoms with van der Waals surface area (Å²) in [4.78, 5) is 0. The van der Waals surface area contributed by atoms with Gasteiger partial charge in [-0.3, -0.25) is 0 Å². The van der Waals surface area contributed by atoms with Crippen molar-refractivity contribution in [3.63, 3.8) is 0 Å². The number of hydrogen-bond donors (Lipinski definition) is 0. The van der Waals surface area contributed by atoms with Crippen LogP contribution >= 0.6 is 0 Å². The van der Waals surface area contributed by atoms with Crippen LogP contribution in [0, 0.1) is 5.41 Å². The molecule has 1 aromatic rings.